The highest BCUT2D eigenvalue weighted by molar-refractivity contribution is 5.76. The van der Waals surface area contributed by atoms with E-state index in [0.29, 0.717) is 19.5 Å². The van der Waals surface area contributed by atoms with E-state index in [1.807, 2.05) is 4.90 Å². The molecule has 3 heteroatoms. The fraction of sp³-hybridized carbons (Fsp3) is 0.929. The van der Waals surface area contributed by atoms with Crippen molar-refractivity contribution in [1.29, 1.82) is 0 Å². The van der Waals surface area contributed by atoms with Gasteiger partial charge >= 0.3 is 0 Å². The second-order valence-corrected chi connectivity index (χ2v) is 5.51. The molecule has 100 valence electrons. The summed E-state index contributed by atoms with van der Waals surface area (Å²) in [6, 6.07) is 0.275. The van der Waals surface area contributed by atoms with Crippen LogP contribution in [0.1, 0.15) is 58.8 Å². The standard InChI is InChI=1S/C14H28N2O/c1-12(2)16(11-10-15)14(17)9-8-13-6-4-3-5-7-13/h12-13H,3-11,15H2,1-2H3. The zero-order valence-corrected chi connectivity index (χ0v) is 11.5. The molecule has 1 aliphatic carbocycles. The predicted molar refractivity (Wildman–Crippen MR) is 71.7 cm³/mol. The van der Waals surface area contributed by atoms with Crippen LogP contribution in [0.5, 0.6) is 0 Å². The van der Waals surface area contributed by atoms with Crippen molar-refractivity contribution in [1.82, 2.24) is 4.90 Å². The van der Waals surface area contributed by atoms with Crippen molar-refractivity contribution < 1.29 is 4.79 Å². The van der Waals surface area contributed by atoms with Crippen LogP contribution >= 0.6 is 0 Å². The van der Waals surface area contributed by atoms with E-state index < -0.39 is 0 Å². The molecule has 0 unspecified atom stereocenters. The topological polar surface area (TPSA) is 46.3 Å². The smallest absolute Gasteiger partial charge is 0.222 e. The molecular formula is C14H28N2O. The van der Waals surface area contributed by atoms with E-state index >= 15 is 0 Å². The lowest BCUT2D eigenvalue weighted by Gasteiger charge is -2.28. The molecule has 0 heterocycles. The summed E-state index contributed by atoms with van der Waals surface area (Å²) in [4.78, 5) is 14.0. The highest BCUT2D eigenvalue weighted by Crippen LogP contribution is 2.27. The second-order valence-electron chi connectivity index (χ2n) is 5.51. The van der Waals surface area contributed by atoms with Crippen LogP contribution in [0.4, 0.5) is 0 Å². The van der Waals surface area contributed by atoms with Gasteiger partial charge in [0.25, 0.3) is 0 Å². The average molecular weight is 240 g/mol. The Morgan fingerprint density at radius 3 is 2.47 bits per heavy atom. The van der Waals surface area contributed by atoms with Gasteiger partial charge in [0.1, 0.15) is 0 Å². The average Bonchev–Trinajstić information content (AvgIpc) is 2.34. The van der Waals surface area contributed by atoms with Crippen molar-refractivity contribution in [2.75, 3.05) is 13.1 Å². The lowest BCUT2D eigenvalue weighted by molar-refractivity contribution is -0.133. The zero-order chi connectivity index (χ0) is 12.7. The summed E-state index contributed by atoms with van der Waals surface area (Å²) in [5.41, 5.74) is 5.55. The molecular weight excluding hydrogens is 212 g/mol. The Morgan fingerprint density at radius 2 is 1.94 bits per heavy atom. The Balaban J connectivity index is 2.30. The van der Waals surface area contributed by atoms with Gasteiger partial charge in [0.15, 0.2) is 0 Å². The van der Waals surface area contributed by atoms with Crippen LogP contribution in [0.25, 0.3) is 0 Å². The van der Waals surface area contributed by atoms with E-state index in [2.05, 4.69) is 13.8 Å². The van der Waals surface area contributed by atoms with E-state index in [1.54, 1.807) is 0 Å². The fourth-order valence-corrected chi connectivity index (χ4v) is 2.76. The van der Waals surface area contributed by atoms with Crippen LogP contribution < -0.4 is 5.73 Å². The minimum Gasteiger partial charge on any atom is -0.339 e. The molecule has 0 aromatic heterocycles. The number of carbonyl (C=O) groups excluding carboxylic acids is 1. The third-order valence-electron chi connectivity index (χ3n) is 3.80. The molecule has 17 heavy (non-hydrogen) atoms. The number of hydrogen-bond acceptors (Lipinski definition) is 2. The summed E-state index contributed by atoms with van der Waals surface area (Å²) >= 11 is 0. The molecule has 0 bridgehead atoms. The molecule has 0 aromatic rings. The van der Waals surface area contributed by atoms with Gasteiger partial charge in [0, 0.05) is 25.6 Å². The predicted octanol–water partition coefficient (Wildman–Crippen LogP) is 2.54. The van der Waals surface area contributed by atoms with Crippen LogP contribution in [-0.2, 0) is 4.79 Å². The summed E-state index contributed by atoms with van der Waals surface area (Å²) in [7, 11) is 0. The highest BCUT2D eigenvalue weighted by Gasteiger charge is 2.19. The molecule has 0 radical (unpaired) electrons. The van der Waals surface area contributed by atoms with Gasteiger partial charge in [-0.05, 0) is 26.2 Å². The van der Waals surface area contributed by atoms with Crippen LogP contribution in [0.2, 0.25) is 0 Å². The maximum absolute atomic E-state index is 12.1. The van der Waals surface area contributed by atoms with Gasteiger partial charge < -0.3 is 10.6 Å². The lowest BCUT2D eigenvalue weighted by Crippen LogP contribution is -2.40. The molecule has 0 saturated heterocycles. The SMILES string of the molecule is CC(C)N(CCN)C(=O)CCC1CCCCC1. The second kappa shape index (κ2) is 7.70. The monoisotopic (exact) mass is 240 g/mol. The third kappa shape index (κ3) is 5.07. The van der Waals surface area contributed by atoms with E-state index in [0.717, 1.165) is 12.3 Å². The maximum atomic E-state index is 12.1. The molecule has 1 fully saturated rings. The van der Waals surface area contributed by atoms with Crippen LogP contribution in [0.15, 0.2) is 0 Å². The molecule has 1 rings (SSSR count). The maximum Gasteiger partial charge on any atom is 0.222 e. The van der Waals surface area contributed by atoms with Crippen molar-refractivity contribution in [3.8, 4) is 0 Å². The van der Waals surface area contributed by atoms with E-state index in [9.17, 15) is 4.79 Å². The number of nitrogens with two attached hydrogens (primary N) is 1. The van der Waals surface area contributed by atoms with E-state index in [-0.39, 0.29) is 11.9 Å². The number of amides is 1. The summed E-state index contributed by atoms with van der Waals surface area (Å²) in [5.74, 6) is 1.08. The first kappa shape index (κ1) is 14.5. The highest BCUT2D eigenvalue weighted by atomic mass is 16.2. The van der Waals surface area contributed by atoms with Gasteiger partial charge in [-0.15, -0.1) is 0 Å². The largest absolute Gasteiger partial charge is 0.339 e. The van der Waals surface area contributed by atoms with E-state index in [4.69, 9.17) is 5.73 Å². The van der Waals surface area contributed by atoms with Crippen molar-refractivity contribution >= 4 is 5.91 Å². The van der Waals surface area contributed by atoms with E-state index in [1.165, 1.54) is 32.1 Å². The Hall–Kier alpha value is -0.570. The number of rotatable bonds is 6. The first-order valence-corrected chi connectivity index (χ1v) is 7.14. The van der Waals surface area contributed by atoms with Crippen molar-refractivity contribution in [3.05, 3.63) is 0 Å². The Labute approximate surface area is 106 Å². The molecule has 3 nitrogen and oxygen atoms in total. The van der Waals surface area contributed by atoms with Gasteiger partial charge in [-0.2, -0.15) is 0 Å². The number of carbonyl (C=O) groups is 1. The number of nitrogens with zero attached hydrogens (tertiary/aromatic N) is 1. The normalized spacial score (nSPS) is 17.4. The minimum atomic E-state index is 0.275. The third-order valence-corrected chi connectivity index (χ3v) is 3.80. The molecule has 0 aromatic carbocycles. The lowest BCUT2D eigenvalue weighted by atomic mass is 9.86. The minimum absolute atomic E-state index is 0.275. The van der Waals surface area contributed by atoms with Gasteiger partial charge in [-0.3, -0.25) is 4.79 Å². The summed E-state index contributed by atoms with van der Waals surface area (Å²) in [6.07, 6.45) is 8.54. The summed E-state index contributed by atoms with van der Waals surface area (Å²) in [6.45, 7) is 5.39. The molecule has 0 spiro atoms. The Bertz CT molecular complexity index is 222. The van der Waals surface area contributed by atoms with Crippen molar-refractivity contribution in [3.63, 3.8) is 0 Å². The first-order chi connectivity index (χ1) is 8.15. The van der Waals surface area contributed by atoms with Crippen LogP contribution in [-0.4, -0.2) is 29.9 Å². The van der Waals surface area contributed by atoms with Crippen LogP contribution in [0.3, 0.4) is 0 Å². The van der Waals surface area contributed by atoms with Gasteiger partial charge in [-0.1, -0.05) is 32.1 Å². The molecule has 2 N–H and O–H groups in total. The fourth-order valence-electron chi connectivity index (χ4n) is 2.76. The number of hydrogen-bond donors (Lipinski definition) is 1. The van der Waals surface area contributed by atoms with Gasteiger partial charge in [0.2, 0.25) is 5.91 Å². The molecule has 0 aliphatic heterocycles. The molecule has 1 amide bonds. The summed E-state index contributed by atoms with van der Waals surface area (Å²) < 4.78 is 0. The Kier molecular flexibility index (Phi) is 6.56. The van der Waals surface area contributed by atoms with Crippen LogP contribution in [0, 0.1) is 5.92 Å². The summed E-state index contributed by atoms with van der Waals surface area (Å²) in [5, 5.41) is 0. The molecule has 1 saturated carbocycles. The molecule has 0 atom stereocenters. The zero-order valence-electron chi connectivity index (χ0n) is 11.5. The quantitative estimate of drug-likeness (QED) is 0.775. The van der Waals surface area contributed by atoms with Crippen molar-refractivity contribution in [2.24, 2.45) is 11.7 Å². The van der Waals surface area contributed by atoms with Gasteiger partial charge in [-0.25, -0.2) is 0 Å². The van der Waals surface area contributed by atoms with Crippen molar-refractivity contribution in [2.45, 2.75) is 64.8 Å². The first-order valence-electron chi connectivity index (χ1n) is 7.14. The molecule has 1 aliphatic rings. The Morgan fingerprint density at radius 1 is 1.29 bits per heavy atom. The van der Waals surface area contributed by atoms with Gasteiger partial charge in [0.05, 0.1) is 0 Å².